The largest absolute Gasteiger partial charge is 0.494 e. The van der Waals surface area contributed by atoms with Gasteiger partial charge in [0.05, 0.1) is 34.4 Å². The molecule has 33 heavy (non-hydrogen) atoms. The summed E-state index contributed by atoms with van der Waals surface area (Å²) < 4.78 is 0. The Kier molecular flexibility index (Phi) is 6.84. The molecule has 170 valence electrons. The lowest BCUT2D eigenvalue weighted by Gasteiger charge is -2.08. The summed E-state index contributed by atoms with van der Waals surface area (Å²) in [6.07, 6.45) is -0.619. The maximum absolute atomic E-state index is 12.5. The Balaban J connectivity index is 0.00000306. The number of aliphatic hydroxyl groups is 1. The number of nitrogen functional groups attached to an aromatic ring is 1. The van der Waals surface area contributed by atoms with E-state index >= 15 is 0 Å². The van der Waals surface area contributed by atoms with Gasteiger partial charge in [0.2, 0.25) is 0 Å². The quantitative estimate of drug-likeness (QED) is 0.205. The van der Waals surface area contributed by atoms with Crippen molar-refractivity contribution < 1.29 is 15.0 Å². The molecule has 0 saturated carbocycles. The lowest BCUT2D eigenvalue weighted by molar-refractivity contribution is 0.102. The molecular weight excluding hydrogens is 416 g/mol. The van der Waals surface area contributed by atoms with Gasteiger partial charge in [0.25, 0.3) is 5.91 Å². The minimum Gasteiger partial charge on any atom is -0.494 e. The number of aromatic amines is 1. The van der Waals surface area contributed by atoms with Gasteiger partial charge in [0, 0.05) is 16.5 Å². The molecule has 1 aromatic heterocycles. The lowest BCUT2D eigenvalue weighted by Crippen LogP contribution is -2.12. The fourth-order valence-corrected chi connectivity index (χ4v) is 3.56. The number of hydrogen-bond donors (Lipinski definition) is 5. The molecule has 1 atom stereocenters. The van der Waals surface area contributed by atoms with E-state index < -0.39 is 6.10 Å². The number of hydrogen-bond acceptors (Lipinski definition) is 5. The highest BCUT2D eigenvalue weighted by Crippen LogP contribution is 2.31. The van der Waals surface area contributed by atoms with Gasteiger partial charge in [0.15, 0.2) is 5.88 Å². The number of H-pyrrole nitrogens is 1. The molecule has 7 nitrogen and oxygen atoms in total. The fourth-order valence-electron chi connectivity index (χ4n) is 3.56. The van der Waals surface area contributed by atoms with Crippen LogP contribution in [0.5, 0.6) is 5.88 Å². The number of nitrogens with zero attached hydrogens (tertiary/aromatic N) is 1. The van der Waals surface area contributed by atoms with Gasteiger partial charge in [-0.15, -0.1) is 0 Å². The average Bonchev–Trinajstić information content (AvgIpc) is 3.10. The summed E-state index contributed by atoms with van der Waals surface area (Å²) in [5, 5.41) is 23.9. The van der Waals surface area contributed by atoms with Crippen molar-refractivity contribution in [2.24, 2.45) is 4.99 Å². The van der Waals surface area contributed by atoms with Gasteiger partial charge >= 0.3 is 0 Å². The van der Waals surface area contributed by atoms with Crippen LogP contribution >= 0.6 is 0 Å². The maximum atomic E-state index is 12.5. The van der Waals surface area contributed by atoms with Gasteiger partial charge in [-0.05, 0) is 67.9 Å². The Bertz CT molecular complexity index is 1320. The number of nitrogens with one attached hydrogen (secondary N) is 2. The van der Waals surface area contributed by atoms with Gasteiger partial charge in [-0.25, -0.2) is 0 Å². The third kappa shape index (κ3) is 4.88. The summed E-state index contributed by atoms with van der Waals surface area (Å²) in [4.78, 5) is 20.1. The van der Waals surface area contributed by atoms with Crippen molar-refractivity contribution in [2.45, 2.75) is 27.4 Å². The van der Waals surface area contributed by atoms with E-state index in [0.717, 1.165) is 16.5 Å². The summed E-state index contributed by atoms with van der Waals surface area (Å²) in [6, 6.07) is 19.4. The van der Waals surface area contributed by atoms with E-state index in [1.165, 1.54) is 0 Å². The van der Waals surface area contributed by atoms with E-state index in [4.69, 9.17) is 5.73 Å². The second-order valence-electron chi connectivity index (χ2n) is 7.62. The standard InChI is InChI=1S/C25H24N4O3.CH4/c1-14(23-19-13-17(15(2)30)9-12-21(19)28-25(23)32)27-18-10-7-16(8-11-18)24(31)29-22-6-4-3-5-20(22)26;/h3-13,15,28,30,32H,26H2,1-2H3,(H,29,31);1H4. The van der Waals surface area contributed by atoms with Crippen molar-refractivity contribution in [3.05, 3.63) is 83.4 Å². The number of carbonyl (C=O) groups is 1. The highest BCUT2D eigenvalue weighted by Gasteiger charge is 2.15. The van der Waals surface area contributed by atoms with Crippen LogP contribution in [-0.4, -0.2) is 26.8 Å². The van der Waals surface area contributed by atoms with Crippen molar-refractivity contribution in [3.63, 3.8) is 0 Å². The van der Waals surface area contributed by atoms with Crippen LogP contribution in [0.4, 0.5) is 17.1 Å². The van der Waals surface area contributed by atoms with Crippen LogP contribution in [0.15, 0.2) is 71.7 Å². The Morgan fingerprint density at radius 3 is 2.45 bits per heavy atom. The van der Waals surface area contributed by atoms with Crippen molar-refractivity contribution >= 4 is 39.6 Å². The van der Waals surface area contributed by atoms with E-state index in [2.05, 4.69) is 15.3 Å². The number of anilines is 2. The second-order valence-corrected chi connectivity index (χ2v) is 7.62. The van der Waals surface area contributed by atoms with Gasteiger partial charge in [-0.2, -0.15) is 0 Å². The predicted molar refractivity (Wildman–Crippen MR) is 134 cm³/mol. The van der Waals surface area contributed by atoms with E-state index in [9.17, 15) is 15.0 Å². The number of nitrogens with two attached hydrogens (primary N) is 1. The van der Waals surface area contributed by atoms with Gasteiger partial charge in [-0.3, -0.25) is 9.79 Å². The highest BCUT2D eigenvalue weighted by atomic mass is 16.3. The van der Waals surface area contributed by atoms with Gasteiger partial charge in [-0.1, -0.05) is 25.6 Å². The third-order valence-electron chi connectivity index (χ3n) is 5.28. The first-order valence-electron chi connectivity index (χ1n) is 10.2. The molecule has 0 radical (unpaired) electrons. The molecule has 6 N–H and O–H groups in total. The molecule has 0 aliphatic carbocycles. The van der Waals surface area contributed by atoms with Crippen molar-refractivity contribution in [2.75, 3.05) is 11.1 Å². The normalized spacial score (nSPS) is 12.3. The fraction of sp³-hybridized carbons (Fsp3) is 0.154. The molecule has 1 amide bonds. The van der Waals surface area contributed by atoms with Crippen LogP contribution in [-0.2, 0) is 0 Å². The van der Waals surface area contributed by atoms with E-state index in [0.29, 0.717) is 33.9 Å². The van der Waals surface area contributed by atoms with Crippen LogP contribution in [0.25, 0.3) is 10.9 Å². The summed E-state index contributed by atoms with van der Waals surface area (Å²) in [7, 11) is 0. The minimum absolute atomic E-state index is 0. The highest BCUT2D eigenvalue weighted by molar-refractivity contribution is 6.13. The number of aromatic nitrogens is 1. The molecule has 0 aliphatic rings. The first kappa shape index (κ1) is 23.6. The van der Waals surface area contributed by atoms with E-state index in [1.807, 2.05) is 18.2 Å². The number of aliphatic hydroxyl groups excluding tert-OH is 1. The Morgan fingerprint density at radius 2 is 1.79 bits per heavy atom. The topological polar surface area (TPSA) is 124 Å². The lowest BCUT2D eigenvalue weighted by atomic mass is 10.0. The zero-order valence-electron chi connectivity index (χ0n) is 17.8. The SMILES string of the molecule is C.CC(=Nc1ccc(C(=O)Nc2ccccc2N)cc1)c1c(O)[nH]c2ccc(C(C)O)cc12. The molecule has 1 heterocycles. The number of fused-ring (bicyclic) bond motifs is 1. The molecule has 0 aliphatic heterocycles. The molecule has 4 rings (SSSR count). The maximum Gasteiger partial charge on any atom is 0.255 e. The molecule has 4 aromatic rings. The summed E-state index contributed by atoms with van der Waals surface area (Å²) in [5.74, 6) is -0.254. The first-order chi connectivity index (χ1) is 15.3. The predicted octanol–water partition coefficient (Wildman–Crippen LogP) is 5.54. The number of aliphatic imine (C=N–C) groups is 1. The average molecular weight is 445 g/mol. The van der Waals surface area contributed by atoms with E-state index in [1.54, 1.807) is 62.4 Å². The van der Waals surface area contributed by atoms with E-state index in [-0.39, 0.29) is 19.2 Å². The van der Waals surface area contributed by atoms with Crippen molar-refractivity contribution in [3.8, 4) is 5.88 Å². The van der Waals surface area contributed by atoms with Crippen molar-refractivity contribution in [1.29, 1.82) is 0 Å². The number of carbonyl (C=O) groups excluding carboxylic acids is 1. The number of amides is 1. The van der Waals surface area contributed by atoms with Gasteiger partial charge in [0.1, 0.15) is 0 Å². The van der Waals surface area contributed by atoms with Crippen molar-refractivity contribution in [1.82, 2.24) is 4.98 Å². The molecule has 0 fully saturated rings. The number of rotatable bonds is 5. The zero-order valence-corrected chi connectivity index (χ0v) is 17.8. The van der Waals surface area contributed by atoms with Crippen LogP contribution in [0.1, 0.15) is 48.9 Å². The number of aromatic hydroxyl groups is 1. The first-order valence-corrected chi connectivity index (χ1v) is 10.2. The Labute approximate surface area is 192 Å². The molecule has 0 spiro atoms. The minimum atomic E-state index is -0.619. The van der Waals surface area contributed by atoms with Crippen LogP contribution in [0.2, 0.25) is 0 Å². The number of para-hydroxylation sites is 2. The molecule has 1 unspecified atom stereocenters. The Morgan fingerprint density at radius 1 is 1.09 bits per heavy atom. The summed E-state index contributed by atoms with van der Waals surface area (Å²) in [5.41, 5.74) is 10.7. The van der Waals surface area contributed by atoms with Gasteiger partial charge < -0.3 is 26.2 Å². The molecular formula is C26H28N4O3. The number of benzene rings is 3. The molecule has 7 heteroatoms. The molecule has 3 aromatic carbocycles. The third-order valence-corrected chi connectivity index (χ3v) is 5.28. The monoisotopic (exact) mass is 444 g/mol. The van der Waals surface area contributed by atoms with Crippen LogP contribution in [0, 0.1) is 0 Å². The van der Waals surface area contributed by atoms with Crippen LogP contribution < -0.4 is 11.1 Å². The molecule has 0 bridgehead atoms. The molecule has 0 saturated heterocycles. The zero-order chi connectivity index (χ0) is 22.8. The summed E-state index contributed by atoms with van der Waals surface area (Å²) in [6.45, 7) is 3.49. The van der Waals surface area contributed by atoms with Crippen LogP contribution in [0.3, 0.4) is 0 Å². The second kappa shape index (κ2) is 9.58. The summed E-state index contributed by atoms with van der Waals surface area (Å²) >= 11 is 0. The Hall–Kier alpha value is -4.10. The smallest absolute Gasteiger partial charge is 0.255 e.